The summed E-state index contributed by atoms with van der Waals surface area (Å²) in [4.78, 5) is 10.3. The van der Waals surface area contributed by atoms with Gasteiger partial charge in [0.1, 0.15) is 0 Å². The monoisotopic (exact) mass is 576 g/mol. The average Bonchev–Trinajstić information content (AvgIpc) is 3.34. The second kappa shape index (κ2) is 10.8. The van der Waals surface area contributed by atoms with Crippen LogP contribution in [0, 0.1) is 0 Å². The lowest BCUT2D eigenvalue weighted by molar-refractivity contribution is 0.660. The molecule has 6 aromatic carbocycles. The van der Waals surface area contributed by atoms with Crippen molar-refractivity contribution in [3.63, 3.8) is 0 Å². The van der Waals surface area contributed by atoms with E-state index in [1.807, 2.05) is 12.1 Å². The van der Waals surface area contributed by atoms with Crippen LogP contribution in [0.15, 0.2) is 158 Å². The Morgan fingerprint density at radius 2 is 0.844 bits per heavy atom. The van der Waals surface area contributed by atoms with Crippen molar-refractivity contribution >= 4 is 0 Å². The van der Waals surface area contributed by atoms with Gasteiger partial charge < -0.3 is 0 Å². The first-order valence-electron chi connectivity index (χ1n) is 15.5. The SMILES string of the molecule is CC1(C)c2ccccc2-c2ccc(-c3cc(-c4ccccc4)cc(-c4nc(-c5ccccc5)cc(-c5ccccc5)n4)c3)cc21. The molecule has 0 radical (unpaired) electrons. The van der Waals surface area contributed by atoms with Gasteiger partial charge >= 0.3 is 0 Å². The Kier molecular flexibility index (Phi) is 6.50. The van der Waals surface area contributed by atoms with E-state index in [1.54, 1.807) is 0 Å². The highest BCUT2D eigenvalue weighted by Gasteiger charge is 2.35. The highest BCUT2D eigenvalue weighted by molar-refractivity contribution is 5.86. The Hall–Kier alpha value is -5.60. The van der Waals surface area contributed by atoms with Crippen LogP contribution in [0.1, 0.15) is 25.0 Å². The van der Waals surface area contributed by atoms with Crippen molar-refractivity contribution in [2.45, 2.75) is 19.3 Å². The van der Waals surface area contributed by atoms with Gasteiger partial charge in [-0.3, -0.25) is 0 Å². The van der Waals surface area contributed by atoms with E-state index in [0.29, 0.717) is 5.82 Å². The molecule has 2 nitrogen and oxygen atoms in total. The Morgan fingerprint density at radius 1 is 0.356 bits per heavy atom. The van der Waals surface area contributed by atoms with Crippen molar-refractivity contribution in [2.24, 2.45) is 0 Å². The predicted octanol–water partition coefficient (Wildman–Crippen LogP) is 11.1. The second-order valence-electron chi connectivity index (χ2n) is 12.3. The zero-order valence-electron chi connectivity index (χ0n) is 25.4. The normalized spacial score (nSPS) is 12.8. The van der Waals surface area contributed by atoms with Crippen LogP contribution in [0.2, 0.25) is 0 Å². The van der Waals surface area contributed by atoms with Crippen molar-refractivity contribution in [3.05, 3.63) is 169 Å². The fourth-order valence-electron chi connectivity index (χ4n) is 6.69. The molecule has 7 aromatic rings. The minimum absolute atomic E-state index is 0.0699. The molecule has 214 valence electrons. The summed E-state index contributed by atoms with van der Waals surface area (Å²) < 4.78 is 0. The Balaban J connectivity index is 1.33. The third-order valence-electron chi connectivity index (χ3n) is 9.08. The Labute approximate surface area is 264 Å². The molecule has 0 unspecified atom stereocenters. The van der Waals surface area contributed by atoms with Gasteiger partial charge in [0.25, 0.3) is 0 Å². The highest BCUT2D eigenvalue weighted by atomic mass is 14.9. The van der Waals surface area contributed by atoms with Gasteiger partial charge in [-0.2, -0.15) is 0 Å². The van der Waals surface area contributed by atoms with Crippen LogP contribution in [0.25, 0.3) is 67.3 Å². The number of aromatic nitrogens is 2. The second-order valence-corrected chi connectivity index (χ2v) is 12.3. The summed E-state index contributed by atoms with van der Waals surface area (Å²) in [5.41, 5.74) is 14.9. The van der Waals surface area contributed by atoms with Crippen LogP contribution < -0.4 is 0 Å². The van der Waals surface area contributed by atoms with Gasteiger partial charge in [-0.15, -0.1) is 0 Å². The third-order valence-corrected chi connectivity index (χ3v) is 9.08. The van der Waals surface area contributed by atoms with Crippen molar-refractivity contribution in [1.82, 2.24) is 9.97 Å². The highest BCUT2D eigenvalue weighted by Crippen LogP contribution is 2.49. The largest absolute Gasteiger partial charge is 0.228 e. The van der Waals surface area contributed by atoms with E-state index in [4.69, 9.17) is 9.97 Å². The molecule has 2 heteroatoms. The number of nitrogens with zero attached hydrogens (tertiary/aromatic N) is 2. The van der Waals surface area contributed by atoms with E-state index in [9.17, 15) is 0 Å². The summed E-state index contributed by atoms with van der Waals surface area (Å²) in [5.74, 6) is 0.711. The summed E-state index contributed by atoms with van der Waals surface area (Å²) >= 11 is 0. The molecule has 45 heavy (non-hydrogen) atoms. The standard InChI is InChI=1S/C43H32N2/c1-43(2)38-21-13-12-20-36(38)37-23-22-32(27-39(37)43)34-24-33(29-14-6-3-7-15-29)25-35(26-34)42-44-40(30-16-8-4-9-17-30)28-41(45-42)31-18-10-5-11-19-31/h3-28H,1-2H3. The van der Waals surface area contributed by atoms with Gasteiger partial charge in [-0.25, -0.2) is 9.97 Å². The van der Waals surface area contributed by atoms with Crippen molar-refractivity contribution in [1.29, 1.82) is 0 Å². The zero-order valence-corrected chi connectivity index (χ0v) is 25.4. The summed E-state index contributed by atoms with van der Waals surface area (Å²) in [6.07, 6.45) is 0. The maximum Gasteiger partial charge on any atom is 0.160 e. The zero-order chi connectivity index (χ0) is 30.4. The smallest absolute Gasteiger partial charge is 0.160 e. The summed E-state index contributed by atoms with van der Waals surface area (Å²) in [5, 5.41) is 0. The van der Waals surface area contributed by atoms with Gasteiger partial charge in [0.15, 0.2) is 5.82 Å². The fourth-order valence-corrected chi connectivity index (χ4v) is 6.69. The molecule has 0 fully saturated rings. The van der Waals surface area contributed by atoms with Crippen LogP contribution in [-0.2, 0) is 5.41 Å². The molecule has 0 aliphatic heterocycles. The molecule has 0 bridgehead atoms. The van der Waals surface area contributed by atoms with E-state index in [2.05, 4.69) is 159 Å². The molecule has 8 rings (SSSR count). The minimum atomic E-state index is -0.0699. The van der Waals surface area contributed by atoms with Crippen molar-refractivity contribution in [2.75, 3.05) is 0 Å². The van der Waals surface area contributed by atoms with E-state index in [-0.39, 0.29) is 5.41 Å². The first kappa shape index (κ1) is 27.0. The number of fused-ring (bicyclic) bond motifs is 3. The lowest BCUT2D eigenvalue weighted by Gasteiger charge is -2.22. The molecule has 0 N–H and O–H groups in total. The first-order chi connectivity index (χ1) is 22.0. The maximum atomic E-state index is 5.17. The van der Waals surface area contributed by atoms with E-state index in [1.165, 1.54) is 27.8 Å². The molecule has 0 amide bonds. The molecule has 1 aromatic heterocycles. The quantitative estimate of drug-likeness (QED) is 0.204. The molecular formula is C43H32N2. The summed E-state index contributed by atoms with van der Waals surface area (Å²) in [7, 11) is 0. The maximum absolute atomic E-state index is 5.17. The van der Waals surface area contributed by atoms with Crippen LogP contribution in [-0.4, -0.2) is 9.97 Å². The van der Waals surface area contributed by atoms with Gasteiger partial charge in [0, 0.05) is 22.1 Å². The number of hydrogen-bond acceptors (Lipinski definition) is 2. The minimum Gasteiger partial charge on any atom is -0.228 e. The fraction of sp³-hybridized carbons (Fsp3) is 0.0698. The van der Waals surface area contributed by atoms with Gasteiger partial charge in [0.05, 0.1) is 11.4 Å². The van der Waals surface area contributed by atoms with E-state index >= 15 is 0 Å². The van der Waals surface area contributed by atoms with Gasteiger partial charge in [0.2, 0.25) is 0 Å². The number of rotatable bonds is 5. The molecule has 1 aliphatic carbocycles. The molecule has 0 saturated heterocycles. The predicted molar refractivity (Wildman–Crippen MR) is 187 cm³/mol. The molecular weight excluding hydrogens is 544 g/mol. The lowest BCUT2D eigenvalue weighted by atomic mass is 9.81. The van der Waals surface area contributed by atoms with Crippen molar-refractivity contribution in [3.8, 4) is 67.3 Å². The molecule has 1 heterocycles. The van der Waals surface area contributed by atoms with Crippen LogP contribution >= 0.6 is 0 Å². The average molecular weight is 577 g/mol. The summed E-state index contributed by atoms with van der Waals surface area (Å²) in [6, 6.07) is 56.0. The molecule has 0 spiro atoms. The van der Waals surface area contributed by atoms with Crippen LogP contribution in [0.4, 0.5) is 0 Å². The number of benzene rings is 6. The first-order valence-corrected chi connectivity index (χ1v) is 15.5. The molecule has 0 saturated carbocycles. The van der Waals surface area contributed by atoms with Gasteiger partial charge in [-0.1, -0.05) is 141 Å². The Morgan fingerprint density at radius 3 is 1.47 bits per heavy atom. The molecule has 0 atom stereocenters. The molecule has 1 aliphatic rings. The Bertz CT molecular complexity index is 2110. The van der Waals surface area contributed by atoms with E-state index in [0.717, 1.165) is 44.8 Å². The lowest BCUT2D eigenvalue weighted by Crippen LogP contribution is -2.14. The van der Waals surface area contributed by atoms with Crippen LogP contribution in [0.5, 0.6) is 0 Å². The van der Waals surface area contributed by atoms with Gasteiger partial charge in [-0.05, 0) is 74.8 Å². The topological polar surface area (TPSA) is 25.8 Å². The number of hydrogen-bond donors (Lipinski definition) is 0. The van der Waals surface area contributed by atoms with Crippen LogP contribution in [0.3, 0.4) is 0 Å². The van der Waals surface area contributed by atoms with Crippen molar-refractivity contribution < 1.29 is 0 Å². The third kappa shape index (κ3) is 4.85. The van der Waals surface area contributed by atoms with E-state index < -0.39 is 0 Å². The summed E-state index contributed by atoms with van der Waals surface area (Å²) in [6.45, 7) is 4.67.